The highest BCUT2D eigenvalue weighted by molar-refractivity contribution is 5.66. The van der Waals surface area contributed by atoms with E-state index < -0.39 is 5.97 Å². The predicted octanol–water partition coefficient (Wildman–Crippen LogP) is 1.40. The van der Waals surface area contributed by atoms with Crippen molar-refractivity contribution in [2.75, 3.05) is 6.61 Å². The maximum atomic E-state index is 9.37. The molecule has 3 N–H and O–H groups in total. The van der Waals surface area contributed by atoms with Gasteiger partial charge in [0, 0.05) is 13.0 Å². The van der Waals surface area contributed by atoms with Gasteiger partial charge < -0.3 is 15.3 Å². The van der Waals surface area contributed by atoms with Gasteiger partial charge in [-0.05, 0) is 12.8 Å². The van der Waals surface area contributed by atoms with E-state index in [2.05, 4.69) is 6.92 Å². The summed E-state index contributed by atoms with van der Waals surface area (Å²) in [6.07, 6.45) is 3.47. The Kier molecular flexibility index (Phi) is 14.0. The van der Waals surface area contributed by atoms with Gasteiger partial charge in [-0.15, -0.1) is 0 Å². The highest BCUT2D eigenvalue weighted by atomic mass is 16.4. The summed E-state index contributed by atoms with van der Waals surface area (Å²) in [5, 5.41) is 25.1. The van der Waals surface area contributed by atoms with Crippen LogP contribution in [0.2, 0.25) is 0 Å². The molecule has 0 amide bonds. The van der Waals surface area contributed by atoms with Gasteiger partial charge in [-0.3, -0.25) is 4.79 Å². The number of aliphatic hydroxyl groups excluding tert-OH is 2. The largest absolute Gasteiger partial charge is 0.481 e. The summed E-state index contributed by atoms with van der Waals surface area (Å²) < 4.78 is 0. The van der Waals surface area contributed by atoms with Crippen LogP contribution in [0.25, 0.3) is 0 Å². The smallest absolute Gasteiger partial charge is 0.303 e. The number of hydrogen-bond acceptors (Lipinski definition) is 3. The molecule has 4 nitrogen and oxygen atoms in total. The van der Waals surface area contributed by atoms with Gasteiger partial charge in [0.1, 0.15) is 0 Å². The predicted molar refractivity (Wildman–Crippen MR) is 55.2 cm³/mol. The highest BCUT2D eigenvalue weighted by Crippen LogP contribution is 2.02. The molecule has 0 aromatic carbocycles. The molecule has 14 heavy (non-hydrogen) atoms. The number of hydrogen-bond donors (Lipinski definition) is 3. The topological polar surface area (TPSA) is 77.8 Å². The van der Waals surface area contributed by atoms with Crippen molar-refractivity contribution in [3.63, 3.8) is 0 Å². The summed E-state index contributed by atoms with van der Waals surface area (Å²) in [6, 6.07) is 0. The van der Waals surface area contributed by atoms with Crippen LogP contribution in [0, 0.1) is 0 Å². The number of carboxylic acid groups (broad SMARTS) is 1. The van der Waals surface area contributed by atoms with Crippen LogP contribution in [0.3, 0.4) is 0 Å². The first kappa shape index (κ1) is 15.8. The number of carboxylic acids is 1. The average Bonchev–Trinajstić information content (AvgIpc) is 2.16. The van der Waals surface area contributed by atoms with Gasteiger partial charge in [-0.2, -0.15) is 0 Å². The molecule has 0 saturated carbocycles. The normalized spacial score (nSPS) is 11.4. The van der Waals surface area contributed by atoms with Crippen LogP contribution in [0.1, 0.15) is 46.0 Å². The quantitative estimate of drug-likeness (QED) is 0.614. The Balaban J connectivity index is 0. The van der Waals surface area contributed by atoms with E-state index in [1.165, 1.54) is 0 Å². The molecule has 0 rings (SSSR count). The van der Waals surface area contributed by atoms with E-state index in [4.69, 9.17) is 15.3 Å². The molecule has 0 spiro atoms. The Morgan fingerprint density at radius 2 is 1.79 bits per heavy atom. The van der Waals surface area contributed by atoms with Crippen LogP contribution in [0.15, 0.2) is 0 Å². The molecule has 0 aliphatic carbocycles. The summed E-state index contributed by atoms with van der Waals surface area (Å²) in [7, 11) is 0. The second-order valence-corrected chi connectivity index (χ2v) is 3.06. The Hall–Kier alpha value is -0.610. The van der Waals surface area contributed by atoms with Crippen molar-refractivity contribution >= 4 is 5.97 Å². The first-order chi connectivity index (χ1) is 6.58. The van der Waals surface area contributed by atoms with E-state index in [0.717, 1.165) is 19.3 Å². The van der Waals surface area contributed by atoms with E-state index in [0.29, 0.717) is 6.42 Å². The monoisotopic (exact) mass is 206 g/mol. The van der Waals surface area contributed by atoms with E-state index in [1.54, 1.807) is 6.92 Å². The van der Waals surface area contributed by atoms with Crippen molar-refractivity contribution in [1.82, 2.24) is 0 Å². The molecule has 0 bridgehead atoms. The average molecular weight is 206 g/mol. The third-order valence-electron chi connectivity index (χ3n) is 1.66. The maximum Gasteiger partial charge on any atom is 0.303 e. The fourth-order valence-electron chi connectivity index (χ4n) is 0.733. The third-order valence-corrected chi connectivity index (χ3v) is 1.66. The van der Waals surface area contributed by atoms with Gasteiger partial charge in [0.25, 0.3) is 0 Å². The third kappa shape index (κ3) is 17.5. The molecule has 0 aromatic heterocycles. The van der Waals surface area contributed by atoms with Gasteiger partial charge >= 0.3 is 5.97 Å². The Labute approximate surface area is 85.6 Å². The lowest BCUT2D eigenvalue weighted by molar-refractivity contribution is -0.136. The summed E-state index contributed by atoms with van der Waals surface area (Å²) in [6.45, 7) is 3.79. The molecular weight excluding hydrogens is 184 g/mol. The number of rotatable bonds is 6. The standard InChI is InChI=1S/C7H16O2.C3H6O2/c1-2-3-4-7(9)5-6-8;1-2-3(4)5/h7-9H,2-6H2,1H3;2H2,1H3,(H,4,5). The second-order valence-electron chi connectivity index (χ2n) is 3.06. The summed E-state index contributed by atoms with van der Waals surface area (Å²) >= 11 is 0. The lowest BCUT2D eigenvalue weighted by atomic mass is 10.1. The molecule has 1 atom stereocenters. The molecule has 0 aliphatic heterocycles. The Morgan fingerprint density at radius 1 is 1.29 bits per heavy atom. The molecule has 4 heteroatoms. The van der Waals surface area contributed by atoms with Crippen molar-refractivity contribution in [3.05, 3.63) is 0 Å². The number of carbonyl (C=O) groups is 1. The van der Waals surface area contributed by atoms with Crippen LogP contribution in [-0.2, 0) is 4.79 Å². The van der Waals surface area contributed by atoms with Crippen LogP contribution >= 0.6 is 0 Å². The number of aliphatic carboxylic acids is 1. The van der Waals surface area contributed by atoms with E-state index in [9.17, 15) is 4.79 Å². The first-order valence-electron chi connectivity index (χ1n) is 5.09. The molecule has 0 heterocycles. The van der Waals surface area contributed by atoms with Gasteiger partial charge in [-0.25, -0.2) is 0 Å². The fourth-order valence-corrected chi connectivity index (χ4v) is 0.733. The van der Waals surface area contributed by atoms with Crippen molar-refractivity contribution in [2.24, 2.45) is 0 Å². The zero-order chi connectivity index (χ0) is 11.4. The zero-order valence-electron chi connectivity index (χ0n) is 9.07. The second kappa shape index (κ2) is 12.4. The molecule has 0 fully saturated rings. The van der Waals surface area contributed by atoms with Crippen LogP contribution in [-0.4, -0.2) is 34.0 Å². The minimum absolute atomic E-state index is 0.102. The molecule has 0 aromatic rings. The minimum atomic E-state index is -0.745. The minimum Gasteiger partial charge on any atom is -0.481 e. The van der Waals surface area contributed by atoms with Gasteiger partial charge in [0.15, 0.2) is 0 Å². The number of unbranched alkanes of at least 4 members (excludes halogenated alkanes) is 1. The zero-order valence-corrected chi connectivity index (χ0v) is 9.07. The lowest BCUT2D eigenvalue weighted by Gasteiger charge is -2.05. The fraction of sp³-hybridized carbons (Fsp3) is 0.900. The molecule has 0 radical (unpaired) electrons. The first-order valence-corrected chi connectivity index (χ1v) is 5.09. The van der Waals surface area contributed by atoms with Gasteiger partial charge in [-0.1, -0.05) is 26.7 Å². The maximum absolute atomic E-state index is 9.37. The van der Waals surface area contributed by atoms with E-state index in [1.807, 2.05) is 0 Å². The van der Waals surface area contributed by atoms with E-state index in [-0.39, 0.29) is 19.1 Å². The van der Waals surface area contributed by atoms with Gasteiger partial charge in [0.05, 0.1) is 6.10 Å². The lowest BCUT2D eigenvalue weighted by Crippen LogP contribution is -2.07. The molecule has 1 unspecified atom stereocenters. The molecule has 0 saturated heterocycles. The van der Waals surface area contributed by atoms with Crippen LogP contribution in [0.5, 0.6) is 0 Å². The molecule has 0 aliphatic rings. The summed E-state index contributed by atoms with van der Waals surface area (Å²) in [5.74, 6) is -0.745. The summed E-state index contributed by atoms with van der Waals surface area (Å²) in [5.41, 5.74) is 0. The van der Waals surface area contributed by atoms with Crippen molar-refractivity contribution < 1.29 is 20.1 Å². The van der Waals surface area contributed by atoms with Crippen LogP contribution in [0.4, 0.5) is 0 Å². The van der Waals surface area contributed by atoms with Crippen molar-refractivity contribution in [3.8, 4) is 0 Å². The van der Waals surface area contributed by atoms with Crippen molar-refractivity contribution in [1.29, 1.82) is 0 Å². The SMILES string of the molecule is CCC(=O)O.CCCCC(O)CCO. The van der Waals surface area contributed by atoms with Gasteiger partial charge in [0.2, 0.25) is 0 Å². The summed E-state index contributed by atoms with van der Waals surface area (Å²) in [4.78, 5) is 9.37. The number of aliphatic hydroxyl groups is 2. The molecule has 86 valence electrons. The highest BCUT2D eigenvalue weighted by Gasteiger charge is 1.99. The Morgan fingerprint density at radius 3 is 2.07 bits per heavy atom. The Bertz CT molecular complexity index is 125. The van der Waals surface area contributed by atoms with E-state index >= 15 is 0 Å². The van der Waals surface area contributed by atoms with Crippen LogP contribution < -0.4 is 0 Å². The van der Waals surface area contributed by atoms with Crippen molar-refractivity contribution in [2.45, 2.75) is 52.1 Å². The molecular formula is C10H22O4.